The standard InChI is InChI=1S/C10H13NO5/c1-6(13)11-7(5-12)4-8-2-3-9(16-8)10(14)15/h2-3,7,12H,4-5H2,1H3,(H,11,13)(H,14,15). The molecular formula is C10H13NO5. The number of carbonyl (C=O) groups excluding carboxylic acids is 1. The minimum absolute atomic E-state index is 0.158. The van der Waals surface area contributed by atoms with Gasteiger partial charge in [-0.25, -0.2) is 4.79 Å². The van der Waals surface area contributed by atoms with E-state index in [1.54, 1.807) is 0 Å². The van der Waals surface area contributed by atoms with Gasteiger partial charge >= 0.3 is 5.97 Å². The number of amides is 1. The second-order valence-electron chi connectivity index (χ2n) is 3.36. The number of hydrogen-bond acceptors (Lipinski definition) is 4. The van der Waals surface area contributed by atoms with Crippen molar-refractivity contribution in [2.24, 2.45) is 0 Å². The second kappa shape index (κ2) is 5.32. The first-order valence-electron chi connectivity index (χ1n) is 4.73. The van der Waals surface area contributed by atoms with Gasteiger partial charge in [-0.05, 0) is 12.1 Å². The molecule has 3 N–H and O–H groups in total. The third kappa shape index (κ3) is 3.39. The van der Waals surface area contributed by atoms with Gasteiger partial charge in [-0.3, -0.25) is 4.79 Å². The Balaban J connectivity index is 2.63. The molecule has 6 nitrogen and oxygen atoms in total. The fourth-order valence-corrected chi connectivity index (χ4v) is 1.29. The van der Waals surface area contributed by atoms with E-state index in [-0.39, 0.29) is 24.7 Å². The fourth-order valence-electron chi connectivity index (χ4n) is 1.29. The summed E-state index contributed by atoms with van der Waals surface area (Å²) in [7, 11) is 0. The summed E-state index contributed by atoms with van der Waals surface area (Å²) in [6, 6.07) is 2.37. The van der Waals surface area contributed by atoms with E-state index in [0.717, 1.165) is 0 Å². The van der Waals surface area contributed by atoms with Gasteiger partial charge in [-0.2, -0.15) is 0 Å². The summed E-state index contributed by atoms with van der Waals surface area (Å²) in [5, 5.41) is 20.1. The number of aliphatic hydroxyl groups is 1. The number of rotatable bonds is 5. The van der Waals surface area contributed by atoms with Crippen molar-refractivity contribution in [2.75, 3.05) is 6.61 Å². The maximum Gasteiger partial charge on any atom is 0.371 e. The first-order valence-corrected chi connectivity index (χ1v) is 4.73. The lowest BCUT2D eigenvalue weighted by Gasteiger charge is -2.12. The SMILES string of the molecule is CC(=O)NC(CO)Cc1ccc(C(=O)O)o1. The van der Waals surface area contributed by atoms with Gasteiger partial charge in [-0.1, -0.05) is 0 Å². The Bertz CT molecular complexity index is 384. The van der Waals surface area contributed by atoms with Crippen LogP contribution < -0.4 is 5.32 Å². The summed E-state index contributed by atoms with van der Waals surface area (Å²) in [6.45, 7) is 1.11. The van der Waals surface area contributed by atoms with Gasteiger partial charge in [0, 0.05) is 13.3 Å². The molecule has 0 saturated carbocycles. The highest BCUT2D eigenvalue weighted by atomic mass is 16.4. The highest BCUT2D eigenvalue weighted by molar-refractivity contribution is 5.84. The van der Waals surface area contributed by atoms with E-state index in [2.05, 4.69) is 5.32 Å². The van der Waals surface area contributed by atoms with Crippen LogP contribution in [-0.4, -0.2) is 34.7 Å². The molecule has 0 radical (unpaired) electrons. The van der Waals surface area contributed by atoms with Crippen molar-refractivity contribution in [1.29, 1.82) is 0 Å². The molecule has 0 spiro atoms. The summed E-state index contributed by atoms with van der Waals surface area (Å²) >= 11 is 0. The summed E-state index contributed by atoms with van der Waals surface area (Å²) in [5.74, 6) is -1.16. The van der Waals surface area contributed by atoms with Gasteiger partial charge in [-0.15, -0.1) is 0 Å². The molecule has 1 rings (SSSR count). The molecule has 16 heavy (non-hydrogen) atoms. The van der Waals surface area contributed by atoms with Crippen molar-refractivity contribution in [2.45, 2.75) is 19.4 Å². The summed E-state index contributed by atoms with van der Waals surface area (Å²) in [5.41, 5.74) is 0. The average molecular weight is 227 g/mol. The zero-order valence-corrected chi connectivity index (χ0v) is 8.77. The number of carbonyl (C=O) groups is 2. The topological polar surface area (TPSA) is 99.8 Å². The molecule has 1 aromatic rings. The lowest BCUT2D eigenvalue weighted by atomic mass is 10.2. The van der Waals surface area contributed by atoms with Crippen LogP contribution in [0.2, 0.25) is 0 Å². The zero-order valence-electron chi connectivity index (χ0n) is 8.77. The Kier molecular flexibility index (Phi) is 4.07. The van der Waals surface area contributed by atoms with E-state index in [0.29, 0.717) is 5.76 Å². The second-order valence-corrected chi connectivity index (χ2v) is 3.36. The lowest BCUT2D eigenvalue weighted by Crippen LogP contribution is -2.37. The predicted octanol–water partition coefficient (Wildman–Crippen LogP) is 0.0173. The molecule has 0 fully saturated rings. The van der Waals surface area contributed by atoms with Crippen molar-refractivity contribution in [3.05, 3.63) is 23.7 Å². The number of nitrogens with one attached hydrogen (secondary N) is 1. The first-order chi connectivity index (χ1) is 7.52. The van der Waals surface area contributed by atoms with Gasteiger partial charge in [0.25, 0.3) is 0 Å². The van der Waals surface area contributed by atoms with Gasteiger partial charge in [0.05, 0.1) is 12.6 Å². The molecule has 6 heteroatoms. The van der Waals surface area contributed by atoms with E-state index >= 15 is 0 Å². The minimum Gasteiger partial charge on any atom is -0.475 e. The number of aliphatic hydroxyl groups excluding tert-OH is 1. The highest BCUT2D eigenvalue weighted by Gasteiger charge is 2.14. The Morgan fingerprint density at radius 1 is 1.50 bits per heavy atom. The van der Waals surface area contributed by atoms with Crippen LogP contribution in [0.25, 0.3) is 0 Å². The van der Waals surface area contributed by atoms with Crippen molar-refractivity contribution in [1.82, 2.24) is 5.32 Å². The maximum atomic E-state index is 10.8. The van der Waals surface area contributed by atoms with E-state index < -0.39 is 12.0 Å². The lowest BCUT2D eigenvalue weighted by molar-refractivity contribution is -0.119. The summed E-state index contributed by atoms with van der Waals surface area (Å²) < 4.78 is 5.00. The third-order valence-corrected chi connectivity index (χ3v) is 1.95. The molecule has 1 unspecified atom stereocenters. The molecular weight excluding hydrogens is 214 g/mol. The number of carboxylic acid groups (broad SMARTS) is 1. The number of carboxylic acids is 1. The first kappa shape index (κ1) is 12.3. The maximum absolute atomic E-state index is 10.8. The zero-order chi connectivity index (χ0) is 12.1. The summed E-state index contributed by atoms with van der Waals surface area (Å²) in [4.78, 5) is 21.3. The van der Waals surface area contributed by atoms with Crippen LogP contribution in [0.3, 0.4) is 0 Å². The molecule has 0 aliphatic heterocycles. The third-order valence-electron chi connectivity index (χ3n) is 1.95. The molecule has 88 valence electrons. The molecule has 0 aliphatic carbocycles. The van der Waals surface area contributed by atoms with E-state index in [1.807, 2.05) is 0 Å². The number of hydrogen-bond donors (Lipinski definition) is 3. The van der Waals surface area contributed by atoms with Crippen LogP contribution in [0.15, 0.2) is 16.5 Å². The Hall–Kier alpha value is -1.82. The van der Waals surface area contributed by atoms with Gasteiger partial charge < -0.3 is 19.9 Å². The quantitative estimate of drug-likeness (QED) is 0.658. The molecule has 0 bridgehead atoms. The largest absolute Gasteiger partial charge is 0.475 e. The Morgan fingerprint density at radius 2 is 2.19 bits per heavy atom. The molecule has 1 heterocycles. The van der Waals surface area contributed by atoms with Crippen LogP contribution in [0.4, 0.5) is 0 Å². The summed E-state index contributed by atoms with van der Waals surface area (Å²) in [6.07, 6.45) is 0.253. The van der Waals surface area contributed by atoms with Crippen LogP contribution >= 0.6 is 0 Å². The normalized spacial score (nSPS) is 12.1. The van der Waals surface area contributed by atoms with E-state index in [9.17, 15) is 9.59 Å². The molecule has 1 aromatic heterocycles. The van der Waals surface area contributed by atoms with Crippen LogP contribution in [-0.2, 0) is 11.2 Å². The number of furan rings is 1. The van der Waals surface area contributed by atoms with Crippen molar-refractivity contribution in [3.63, 3.8) is 0 Å². The monoisotopic (exact) mass is 227 g/mol. The van der Waals surface area contributed by atoms with Crippen LogP contribution in [0.1, 0.15) is 23.2 Å². The van der Waals surface area contributed by atoms with Gasteiger partial charge in [0.1, 0.15) is 5.76 Å². The smallest absolute Gasteiger partial charge is 0.371 e. The van der Waals surface area contributed by atoms with Crippen molar-refractivity contribution in [3.8, 4) is 0 Å². The van der Waals surface area contributed by atoms with E-state index in [4.69, 9.17) is 14.6 Å². The highest BCUT2D eigenvalue weighted by Crippen LogP contribution is 2.10. The van der Waals surface area contributed by atoms with Crippen molar-refractivity contribution < 1.29 is 24.2 Å². The molecule has 0 saturated heterocycles. The fraction of sp³-hybridized carbons (Fsp3) is 0.400. The van der Waals surface area contributed by atoms with Crippen LogP contribution in [0.5, 0.6) is 0 Å². The van der Waals surface area contributed by atoms with E-state index in [1.165, 1.54) is 19.1 Å². The van der Waals surface area contributed by atoms with Gasteiger partial charge in [0.2, 0.25) is 11.7 Å². The minimum atomic E-state index is -1.15. The van der Waals surface area contributed by atoms with Crippen LogP contribution in [0, 0.1) is 0 Å². The predicted molar refractivity (Wildman–Crippen MR) is 54.1 cm³/mol. The van der Waals surface area contributed by atoms with Crippen molar-refractivity contribution >= 4 is 11.9 Å². The molecule has 1 amide bonds. The Labute approximate surface area is 91.9 Å². The molecule has 1 atom stereocenters. The van der Waals surface area contributed by atoms with Gasteiger partial charge in [0.15, 0.2) is 0 Å². The number of aromatic carboxylic acids is 1. The average Bonchev–Trinajstić information content (AvgIpc) is 2.64. The molecule has 0 aromatic carbocycles. The Morgan fingerprint density at radius 3 is 2.62 bits per heavy atom. The molecule has 0 aliphatic rings.